The van der Waals surface area contributed by atoms with Gasteiger partial charge in [-0.05, 0) is 57.4 Å². The summed E-state index contributed by atoms with van der Waals surface area (Å²) in [4.78, 5) is 35.7. The number of fused-ring (bicyclic) bond motifs is 1. The predicted molar refractivity (Wildman–Crippen MR) is 146 cm³/mol. The Morgan fingerprint density at radius 1 is 0.972 bits per heavy atom. The van der Waals surface area contributed by atoms with Gasteiger partial charge in [-0.25, -0.2) is 9.78 Å². The molecule has 1 aromatic heterocycles. The van der Waals surface area contributed by atoms with E-state index in [1.807, 2.05) is 68.4 Å². The third-order valence-electron chi connectivity index (χ3n) is 5.90. The van der Waals surface area contributed by atoms with Crippen molar-refractivity contribution in [3.63, 3.8) is 0 Å². The Bertz CT molecular complexity index is 1440. The summed E-state index contributed by atoms with van der Waals surface area (Å²) in [7, 11) is 3.87. The van der Waals surface area contributed by atoms with Crippen LogP contribution in [0, 0.1) is 0 Å². The molecule has 0 saturated heterocycles. The molecule has 1 heterocycles. The number of carbonyl (C=O) groups excluding carboxylic acids is 1. The Kier molecular flexibility index (Phi) is 7.94. The number of hydrogen-bond donors (Lipinski definition) is 1. The second kappa shape index (κ2) is 11.1. The van der Waals surface area contributed by atoms with Crippen molar-refractivity contribution < 1.29 is 4.79 Å². The Labute approximate surface area is 219 Å². The summed E-state index contributed by atoms with van der Waals surface area (Å²) >= 11 is 12.5. The minimum absolute atomic E-state index is 0.195. The van der Waals surface area contributed by atoms with Crippen molar-refractivity contribution >= 4 is 45.8 Å². The molecular formula is C27H27Cl2N5O2. The zero-order valence-corrected chi connectivity index (χ0v) is 21.8. The standard InChI is InChI=1S/C27H27Cl2N5O2/c1-18(33(17-16-32(2)3)27(36)31-23-15-9-13-21(28)24(23)29)25-30-22-14-8-7-12-20(22)26(35)34(25)19-10-5-4-6-11-19/h4-15,18H,16-17H2,1-3H3,(H,31,36). The number of urea groups is 1. The van der Waals surface area contributed by atoms with E-state index in [2.05, 4.69) is 5.32 Å². The Morgan fingerprint density at radius 3 is 2.39 bits per heavy atom. The van der Waals surface area contributed by atoms with Crippen LogP contribution in [0.25, 0.3) is 16.6 Å². The SMILES string of the molecule is CC(c1nc2ccccc2c(=O)n1-c1ccccc1)N(CCN(C)C)C(=O)Nc1cccc(Cl)c1Cl. The maximum absolute atomic E-state index is 13.6. The molecule has 0 aliphatic heterocycles. The molecule has 1 unspecified atom stereocenters. The number of nitrogens with zero attached hydrogens (tertiary/aromatic N) is 4. The normalized spacial score (nSPS) is 12.1. The highest BCUT2D eigenvalue weighted by atomic mass is 35.5. The lowest BCUT2D eigenvalue weighted by molar-refractivity contribution is 0.181. The molecule has 3 aromatic carbocycles. The van der Waals surface area contributed by atoms with E-state index in [9.17, 15) is 9.59 Å². The third kappa shape index (κ3) is 5.38. The minimum Gasteiger partial charge on any atom is -0.313 e. The number of rotatable bonds is 7. The molecule has 186 valence electrons. The molecule has 0 aliphatic carbocycles. The summed E-state index contributed by atoms with van der Waals surface area (Å²) in [6, 6.07) is 20.7. The smallest absolute Gasteiger partial charge is 0.313 e. The highest BCUT2D eigenvalue weighted by molar-refractivity contribution is 6.43. The summed E-state index contributed by atoms with van der Waals surface area (Å²) in [5.74, 6) is 0.455. The van der Waals surface area contributed by atoms with E-state index in [-0.39, 0.29) is 16.6 Å². The third-order valence-corrected chi connectivity index (χ3v) is 6.72. The number of likely N-dealkylation sites (N-methyl/N-ethyl adjacent to an activating group) is 1. The van der Waals surface area contributed by atoms with Crippen molar-refractivity contribution in [1.29, 1.82) is 0 Å². The van der Waals surface area contributed by atoms with Gasteiger partial charge in [-0.2, -0.15) is 0 Å². The van der Waals surface area contributed by atoms with Gasteiger partial charge >= 0.3 is 6.03 Å². The van der Waals surface area contributed by atoms with Gasteiger partial charge in [-0.3, -0.25) is 9.36 Å². The lowest BCUT2D eigenvalue weighted by Gasteiger charge is -2.31. The van der Waals surface area contributed by atoms with E-state index in [1.54, 1.807) is 39.8 Å². The van der Waals surface area contributed by atoms with Crippen LogP contribution in [0.3, 0.4) is 0 Å². The zero-order chi connectivity index (χ0) is 25.8. The lowest BCUT2D eigenvalue weighted by Crippen LogP contribution is -2.43. The molecule has 2 amide bonds. The summed E-state index contributed by atoms with van der Waals surface area (Å²) in [5.41, 5.74) is 1.46. The Balaban J connectivity index is 1.82. The van der Waals surface area contributed by atoms with Crippen LogP contribution in [0.15, 0.2) is 77.6 Å². The van der Waals surface area contributed by atoms with Gasteiger partial charge in [0.1, 0.15) is 5.82 Å². The van der Waals surface area contributed by atoms with E-state index >= 15 is 0 Å². The zero-order valence-electron chi connectivity index (χ0n) is 20.3. The predicted octanol–water partition coefficient (Wildman–Crippen LogP) is 5.85. The topological polar surface area (TPSA) is 70.5 Å². The van der Waals surface area contributed by atoms with E-state index in [0.29, 0.717) is 46.2 Å². The fraction of sp³-hybridized carbons (Fsp3) is 0.222. The first-order valence-corrected chi connectivity index (χ1v) is 12.3. The van der Waals surface area contributed by atoms with Gasteiger partial charge in [0.2, 0.25) is 0 Å². The average Bonchev–Trinajstić information content (AvgIpc) is 2.87. The first-order valence-electron chi connectivity index (χ1n) is 11.5. The first-order chi connectivity index (χ1) is 17.3. The molecule has 0 radical (unpaired) electrons. The quantitative estimate of drug-likeness (QED) is 0.329. The molecule has 0 saturated carbocycles. The fourth-order valence-electron chi connectivity index (χ4n) is 3.96. The highest BCUT2D eigenvalue weighted by Crippen LogP contribution is 2.30. The highest BCUT2D eigenvalue weighted by Gasteiger charge is 2.27. The van der Waals surface area contributed by atoms with Crippen molar-refractivity contribution in [1.82, 2.24) is 19.4 Å². The average molecular weight is 524 g/mol. The maximum Gasteiger partial charge on any atom is 0.322 e. The molecule has 0 spiro atoms. The number of benzene rings is 3. The van der Waals surface area contributed by atoms with Gasteiger partial charge in [0.15, 0.2) is 0 Å². The second-order valence-electron chi connectivity index (χ2n) is 8.67. The second-order valence-corrected chi connectivity index (χ2v) is 9.45. The van der Waals surface area contributed by atoms with Crippen LogP contribution in [0.1, 0.15) is 18.8 Å². The van der Waals surface area contributed by atoms with Crippen LogP contribution >= 0.6 is 23.2 Å². The van der Waals surface area contributed by atoms with E-state index in [4.69, 9.17) is 28.2 Å². The fourth-order valence-corrected chi connectivity index (χ4v) is 4.31. The molecule has 9 heteroatoms. The Morgan fingerprint density at radius 2 is 1.67 bits per heavy atom. The molecule has 4 rings (SSSR count). The summed E-state index contributed by atoms with van der Waals surface area (Å²) in [6.07, 6.45) is 0. The maximum atomic E-state index is 13.6. The molecule has 0 bridgehead atoms. The van der Waals surface area contributed by atoms with Gasteiger partial charge < -0.3 is 15.1 Å². The van der Waals surface area contributed by atoms with Gasteiger partial charge in [0, 0.05) is 13.1 Å². The number of aromatic nitrogens is 2. The van der Waals surface area contributed by atoms with Crippen LogP contribution < -0.4 is 10.9 Å². The summed E-state index contributed by atoms with van der Waals surface area (Å²) in [5, 5.41) is 3.99. The first kappa shape index (κ1) is 25.7. The molecule has 1 N–H and O–H groups in total. The summed E-state index contributed by atoms with van der Waals surface area (Å²) in [6.45, 7) is 2.85. The van der Waals surface area contributed by atoms with Crippen molar-refractivity contribution in [2.45, 2.75) is 13.0 Å². The number of nitrogens with one attached hydrogen (secondary N) is 1. The van der Waals surface area contributed by atoms with Gasteiger partial charge in [-0.15, -0.1) is 0 Å². The molecule has 1 atom stereocenters. The van der Waals surface area contributed by atoms with Crippen molar-refractivity contribution in [3.05, 3.63) is 99.0 Å². The number of para-hydroxylation sites is 2. The van der Waals surface area contributed by atoms with E-state index in [0.717, 1.165) is 0 Å². The number of halogens is 2. The van der Waals surface area contributed by atoms with Crippen LogP contribution in [0.4, 0.5) is 10.5 Å². The van der Waals surface area contributed by atoms with E-state index < -0.39 is 6.04 Å². The molecule has 7 nitrogen and oxygen atoms in total. The van der Waals surface area contributed by atoms with Crippen molar-refractivity contribution in [2.75, 3.05) is 32.5 Å². The van der Waals surface area contributed by atoms with Gasteiger partial charge in [-0.1, -0.05) is 59.6 Å². The monoisotopic (exact) mass is 523 g/mol. The van der Waals surface area contributed by atoms with Gasteiger partial charge in [0.05, 0.1) is 38.4 Å². The number of carbonyl (C=O) groups is 1. The molecule has 4 aromatic rings. The number of amides is 2. The molecule has 0 fully saturated rings. The minimum atomic E-state index is -0.555. The molecular weight excluding hydrogens is 497 g/mol. The molecule has 0 aliphatic rings. The Hall–Kier alpha value is -3.39. The largest absolute Gasteiger partial charge is 0.322 e. The van der Waals surface area contributed by atoms with E-state index in [1.165, 1.54) is 0 Å². The van der Waals surface area contributed by atoms with Crippen LogP contribution in [0.5, 0.6) is 0 Å². The van der Waals surface area contributed by atoms with Crippen LogP contribution in [-0.4, -0.2) is 52.6 Å². The van der Waals surface area contributed by atoms with Gasteiger partial charge in [0.25, 0.3) is 5.56 Å². The summed E-state index contributed by atoms with van der Waals surface area (Å²) < 4.78 is 1.58. The lowest BCUT2D eigenvalue weighted by atomic mass is 10.2. The van der Waals surface area contributed by atoms with Crippen molar-refractivity contribution in [2.24, 2.45) is 0 Å². The van der Waals surface area contributed by atoms with Crippen LogP contribution in [-0.2, 0) is 0 Å². The number of anilines is 1. The van der Waals surface area contributed by atoms with Crippen LogP contribution in [0.2, 0.25) is 10.0 Å². The van der Waals surface area contributed by atoms with Crippen molar-refractivity contribution in [3.8, 4) is 5.69 Å². The molecule has 36 heavy (non-hydrogen) atoms. The number of hydrogen-bond acceptors (Lipinski definition) is 4.